The predicted octanol–water partition coefficient (Wildman–Crippen LogP) is 5.82. The van der Waals surface area contributed by atoms with Crippen molar-refractivity contribution in [2.45, 2.75) is 0 Å². The lowest BCUT2D eigenvalue weighted by atomic mass is 10.1. The normalized spacial score (nSPS) is 11.0. The first-order chi connectivity index (χ1) is 13.9. The Morgan fingerprint density at radius 2 is 2.03 bits per heavy atom. The first-order valence-corrected chi connectivity index (χ1v) is 9.27. The lowest BCUT2D eigenvalue weighted by Crippen LogP contribution is -2.13. The Morgan fingerprint density at radius 1 is 1.24 bits per heavy atom. The molecule has 9 heteroatoms. The van der Waals surface area contributed by atoms with Crippen molar-refractivity contribution in [3.63, 3.8) is 0 Å². The number of carbonyl (C=O) groups excluding carboxylic acids is 1. The van der Waals surface area contributed by atoms with Crippen LogP contribution in [-0.4, -0.2) is 10.8 Å². The third-order valence-electron chi connectivity index (χ3n) is 3.79. The van der Waals surface area contributed by atoms with Gasteiger partial charge in [0.05, 0.1) is 9.95 Å². The topological polar surface area (TPSA) is 109 Å². The van der Waals surface area contributed by atoms with E-state index in [0.717, 1.165) is 4.47 Å². The molecule has 7 nitrogen and oxygen atoms in total. The van der Waals surface area contributed by atoms with Gasteiger partial charge in [-0.1, -0.05) is 33.6 Å². The molecular formula is C20H11BrClN3O4. The molecule has 0 fully saturated rings. The molecule has 2 aromatic carbocycles. The maximum atomic E-state index is 12.4. The average molecular weight is 473 g/mol. The van der Waals surface area contributed by atoms with Gasteiger partial charge in [-0.05, 0) is 36.4 Å². The summed E-state index contributed by atoms with van der Waals surface area (Å²) in [6.45, 7) is 0. The van der Waals surface area contributed by atoms with Gasteiger partial charge in [0.1, 0.15) is 23.2 Å². The molecule has 0 unspecified atom stereocenters. The van der Waals surface area contributed by atoms with E-state index in [1.54, 1.807) is 30.3 Å². The van der Waals surface area contributed by atoms with E-state index in [-0.39, 0.29) is 27.8 Å². The summed E-state index contributed by atoms with van der Waals surface area (Å²) in [5.74, 6) is -0.102. The highest BCUT2D eigenvalue weighted by atomic mass is 79.9. The number of nitrogens with zero attached hydrogens (tertiary/aromatic N) is 2. The molecule has 3 rings (SSSR count). The standard InChI is InChI=1S/C20H11BrClN3O4/c21-13-2-1-3-14(9-13)24-20(26)12(11-23)8-16-5-7-19(29-16)17-10-15(25(27)28)4-6-18(17)22/h1-10H,(H,24,26)/b12-8-. The summed E-state index contributed by atoms with van der Waals surface area (Å²) in [5.41, 5.74) is 0.548. The maximum Gasteiger partial charge on any atom is 0.270 e. The molecule has 0 spiro atoms. The second kappa shape index (κ2) is 8.73. The number of amides is 1. The van der Waals surface area contributed by atoms with E-state index < -0.39 is 10.8 Å². The van der Waals surface area contributed by atoms with Crippen LogP contribution in [0.4, 0.5) is 11.4 Å². The van der Waals surface area contributed by atoms with Crippen molar-refractivity contribution in [2.24, 2.45) is 0 Å². The van der Waals surface area contributed by atoms with E-state index in [1.165, 1.54) is 30.3 Å². The van der Waals surface area contributed by atoms with Gasteiger partial charge in [-0.2, -0.15) is 5.26 Å². The molecule has 1 amide bonds. The van der Waals surface area contributed by atoms with Crippen LogP contribution >= 0.6 is 27.5 Å². The Hall–Kier alpha value is -3.41. The summed E-state index contributed by atoms with van der Waals surface area (Å²) in [6, 6.07) is 15.8. The van der Waals surface area contributed by atoms with Crippen LogP contribution in [0.3, 0.4) is 0 Å². The molecule has 0 atom stereocenters. The fourth-order valence-corrected chi connectivity index (χ4v) is 3.06. The third-order valence-corrected chi connectivity index (χ3v) is 4.61. The molecule has 0 aliphatic rings. The van der Waals surface area contributed by atoms with Gasteiger partial charge in [-0.15, -0.1) is 0 Å². The molecule has 29 heavy (non-hydrogen) atoms. The summed E-state index contributed by atoms with van der Waals surface area (Å²) in [6.07, 6.45) is 1.28. The first-order valence-electron chi connectivity index (χ1n) is 8.10. The largest absolute Gasteiger partial charge is 0.457 e. The number of nitro benzene ring substituents is 1. The van der Waals surface area contributed by atoms with Crippen LogP contribution < -0.4 is 5.32 Å². The van der Waals surface area contributed by atoms with Crippen LogP contribution in [0.1, 0.15) is 5.76 Å². The summed E-state index contributed by atoms with van der Waals surface area (Å²) in [7, 11) is 0. The molecule has 0 saturated heterocycles. The number of hydrogen-bond donors (Lipinski definition) is 1. The van der Waals surface area contributed by atoms with Gasteiger partial charge in [0.2, 0.25) is 0 Å². The van der Waals surface area contributed by atoms with Gasteiger partial charge in [0, 0.05) is 33.9 Å². The quantitative estimate of drug-likeness (QED) is 0.218. The number of rotatable bonds is 5. The Bertz CT molecular complexity index is 1180. The van der Waals surface area contributed by atoms with Crippen molar-refractivity contribution in [2.75, 3.05) is 5.32 Å². The highest BCUT2D eigenvalue weighted by Gasteiger charge is 2.15. The van der Waals surface area contributed by atoms with Crippen molar-refractivity contribution >= 4 is 50.9 Å². The molecule has 0 aliphatic carbocycles. The second-order valence-corrected chi connectivity index (χ2v) is 7.08. The summed E-state index contributed by atoms with van der Waals surface area (Å²) >= 11 is 9.42. The fraction of sp³-hybridized carbons (Fsp3) is 0. The van der Waals surface area contributed by atoms with Crippen molar-refractivity contribution in [3.05, 3.63) is 85.5 Å². The Morgan fingerprint density at radius 3 is 2.72 bits per heavy atom. The number of furan rings is 1. The zero-order valence-electron chi connectivity index (χ0n) is 14.6. The highest BCUT2D eigenvalue weighted by molar-refractivity contribution is 9.10. The van der Waals surface area contributed by atoms with Crippen LogP contribution in [0.25, 0.3) is 17.4 Å². The molecule has 3 aromatic rings. The van der Waals surface area contributed by atoms with Crippen molar-refractivity contribution in [1.29, 1.82) is 5.26 Å². The van der Waals surface area contributed by atoms with Crippen LogP contribution in [-0.2, 0) is 4.79 Å². The van der Waals surface area contributed by atoms with Gasteiger partial charge in [-0.25, -0.2) is 0 Å². The highest BCUT2D eigenvalue weighted by Crippen LogP contribution is 2.33. The van der Waals surface area contributed by atoms with E-state index in [1.807, 2.05) is 6.07 Å². The van der Waals surface area contributed by atoms with Crippen molar-refractivity contribution in [1.82, 2.24) is 0 Å². The van der Waals surface area contributed by atoms with Gasteiger partial charge in [0.25, 0.3) is 11.6 Å². The van der Waals surface area contributed by atoms with Crippen molar-refractivity contribution in [3.8, 4) is 17.4 Å². The minimum atomic E-state index is -0.600. The predicted molar refractivity (Wildman–Crippen MR) is 112 cm³/mol. The van der Waals surface area contributed by atoms with Gasteiger partial charge >= 0.3 is 0 Å². The number of nitrogens with one attached hydrogen (secondary N) is 1. The van der Waals surface area contributed by atoms with E-state index in [0.29, 0.717) is 11.3 Å². The Labute approximate surface area is 178 Å². The lowest BCUT2D eigenvalue weighted by molar-refractivity contribution is -0.384. The van der Waals surface area contributed by atoms with E-state index in [4.69, 9.17) is 16.0 Å². The number of benzene rings is 2. The third kappa shape index (κ3) is 4.90. The molecule has 1 N–H and O–H groups in total. The molecule has 1 heterocycles. The van der Waals surface area contributed by atoms with Gasteiger partial charge in [0.15, 0.2) is 0 Å². The minimum Gasteiger partial charge on any atom is -0.457 e. The number of halogens is 2. The summed E-state index contributed by atoms with van der Waals surface area (Å²) in [5, 5.41) is 23.2. The molecule has 0 aliphatic heterocycles. The van der Waals surface area contributed by atoms with Crippen LogP contribution in [0.2, 0.25) is 5.02 Å². The molecule has 0 radical (unpaired) electrons. The summed E-state index contributed by atoms with van der Waals surface area (Å²) in [4.78, 5) is 22.8. The van der Waals surface area contributed by atoms with E-state index in [2.05, 4.69) is 21.2 Å². The average Bonchev–Trinajstić information content (AvgIpc) is 3.14. The monoisotopic (exact) mass is 471 g/mol. The number of nitro groups is 1. The number of nitriles is 1. The van der Waals surface area contributed by atoms with Crippen molar-refractivity contribution < 1.29 is 14.1 Å². The molecule has 0 saturated carbocycles. The lowest BCUT2D eigenvalue weighted by Gasteiger charge is -2.04. The van der Waals surface area contributed by atoms with Crippen LogP contribution in [0.5, 0.6) is 0 Å². The van der Waals surface area contributed by atoms with E-state index >= 15 is 0 Å². The van der Waals surface area contributed by atoms with Crippen LogP contribution in [0, 0.1) is 21.4 Å². The zero-order chi connectivity index (χ0) is 21.0. The fourth-order valence-electron chi connectivity index (χ4n) is 2.45. The number of hydrogen-bond acceptors (Lipinski definition) is 5. The molecule has 0 bridgehead atoms. The second-order valence-electron chi connectivity index (χ2n) is 5.76. The Balaban J connectivity index is 1.86. The summed E-state index contributed by atoms with van der Waals surface area (Å²) < 4.78 is 6.39. The Kier molecular flexibility index (Phi) is 6.12. The van der Waals surface area contributed by atoms with Gasteiger partial charge < -0.3 is 9.73 Å². The van der Waals surface area contributed by atoms with Gasteiger partial charge in [-0.3, -0.25) is 14.9 Å². The molecule has 1 aromatic heterocycles. The molecular weight excluding hydrogens is 462 g/mol. The number of anilines is 1. The van der Waals surface area contributed by atoms with Crippen LogP contribution in [0.15, 0.2) is 69.1 Å². The zero-order valence-corrected chi connectivity index (χ0v) is 16.9. The number of non-ortho nitro benzene ring substituents is 1. The SMILES string of the molecule is N#C/C(=C/c1ccc(-c2cc([N+](=O)[O-])ccc2Cl)o1)C(=O)Nc1cccc(Br)c1. The molecule has 144 valence electrons. The smallest absolute Gasteiger partial charge is 0.270 e. The maximum absolute atomic E-state index is 12.4. The first kappa shape index (κ1) is 20.3. The minimum absolute atomic E-state index is 0.135. The number of carbonyl (C=O) groups is 1. The van der Waals surface area contributed by atoms with E-state index in [9.17, 15) is 20.2 Å².